The van der Waals surface area contributed by atoms with Crippen LogP contribution in [0.15, 0.2) is 41.7 Å². The molecule has 28 heavy (non-hydrogen) atoms. The Morgan fingerprint density at radius 3 is 2.79 bits per heavy atom. The molecule has 0 spiro atoms. The summed E-state index contributed by atoms with van der Waals surface area (Å²) in [5.74, 6) is 2.55. The first-order chi connectivity index (χ1) is 13.5. The highest BCUT2D eigenvalue weighted by molar-refractivity contribution is 5.63. The highest BCUT2D eigenvalue weighted by Crippen LogP contribution is 2.47. The van der Waals surface area contributed by atoms with Crippen LogP contribution in [0.4, 0.5) is 0 Å². The molecule has 0 bridgehead atoms. The topological polar surface area (TPSA) is 92.0 Å². The molecule has 0 aliphatic heterocycles. The summed E-state index contributed by atoms with van der Waals surface area (Å²) in [5, 5.41) is 0. The zero-order chi connectivity index (χ0) is 19.7. The van der Waals surface area contributed by atoms with Gasteiger partial charge in [0.2, 0.25) is 5.88 Å². The molecule has 0 N–H and O–H groups in total. The van der Waals surface area contributed by atoms with E-state index in [2.05, 4.69) is 19.9 Å². The lowest BCUT2D eigenvalue weighted by atomic mass is 10.2. The molecule has 0 aromatic carbocycles. The van der Waals surface area contributed by atoms with Crippen molar-refractivity contribution in [1.82, 2.24) is 24.5 Å². The molecule has 3 aromatic heterocycles. The predicted molar refractivity (Wildman–Crippen MR) is 102 cm³/mol. The van der Waals surface area contributed by atoms with Crippen LogP contribution < -0.4 is 15.0 Å². The van der Waals surface area contributed by atoms with Crippen LogP contribution in [0, 0.1) is 12.8 Å². The number of rotatable bonds is 6. The van der Waals surface area contributed by atoms with Crippen LogP contribution in [0.25, 0.3) is 11.3 Å². The van der Waals surface area contributed by atoms with Crippen molar-refractivity contribution in [3.05, 3.63) is 58.8 Å². The summed E-state index contributed by atoms with van der Waals surface area (Å²) < 4.78 is 12.6. The molecule has 0 amide bonds. The SMILES string of the molecule is COc1ccc(C2CC2COc2nc(C)ncc2-c2cc(=O)n(C)cn2)nc1. The molecular formula is C20H21N5O3. The van der Waals surface area contributed by atoms with Crippen LogP contribution in [0.1, 0.15) is 23.9 Å². The first kappa shape index (κ1) is 18.1. The highest BCUT2D eigenvalue weighted by atomic mass is 16.5. The number of nitrogens with zero attached hydrogens (tertiary/aromatic N) is 5. The third kappa shape index (κ3) is 3.71. The van der Waals surface area contributed by atoms with Gasteiger partial charge in [0.25, 0.3) is 5.56 Å². The summed E-state index contributed by atoms with van der Waals surface area (Å²) in [6.07, 6.45) is 5.88. The summed E-state index contributed by atoms with van der Waals surface area (Å²) >= 11 is 0. The van der Waals surface area contributed by atoms with Gasteiger partial charge < -0.3 is 14.0 Å². The maximum absolute atomic E-state index is 11.9. The molecule has 8 heteroatoms. The van der Waals surface area contributed by atoms with Crippen molar-refractivity contribution in [3.8, 4) is 22.9 Å². The first-order valence-electron chi connectivity index (χ1n) is 9.04. The van der Waals surface area contributed by atoms with Gasteiger partial charge in [-0.05, 0) is 25.5 Å². The number of aromatic nitrogens is 5. The Morgan fingerprint density at radius 2 is 2.07 bits per heavy atom. The van der Waals surface area contributed by atoms with Crippen LogP contribution in [0.3, 0.4) is 0 Å². The van der Waals surface area contributed by atoms with E-state index in [-0.39, 0.29) is 5.56 Å². The third-order valence-electron chi connectivity index (χ3n) is 4.86. The molecule has 3 aromatic rings. The van der Waals surface area contributed by atoms with E-state index in [4.69, 9.17) is 9.47 Å². The lowest BCUT2D eigenvalue weighted by Gasteiger charge is -2.10. The van der Waals surface area contributed by atoms with Crippen molar-refractivity contribution >= 4 is 0 Å². The van der Waals surface area contributed by atoms with Crippen molar-refractivity contribution in [2.45, 2.75) is 19.3 Å². The van der Waals surface area contributed by atoms with Crippen molar-refractivity contribution in [3.63, 3.8) is 0 Å². The van der Waals surface area contributed by atoms with Gasteiger partial charge >= 0.3 is 0 Å². The molecule has 0 saturated heterocycles. The average Bonchev–Trinajstić information content (AvgIpc) is 3.48. The van der Waals surface area contributed by atoms with Crippen molar-refractivity contribution in [2.24, 2.45) is 13.0 Å². The minimum atomic E-state index is -0.149. The molecule has 1 aliphatic rings. The van der Waals surface area contributed by atoms with Gasteiger partial charge in [-0.15, -0.1) is 0 Å². The molecule has 1 saturated carbocycles. The number of aryl methyl sites for hydroxylation is 2. The maximum Gasteiger partial charge on any atom is 0.253 e. The zero-order valence-corrected chi connectivity index (χ0v) is 16.0. The fraction of sp³-hybridized carbons (Fsp3) is 0.350. The molecule has 1 fully saturated rings. The van der Waals surface area contributed by atoms with Crippen molar-refractivity contribution in [1.29, 1.82) is 0 Å². The summed E-state index contributed by atoms with van der Waals surface area (Å²) in [6.45, 7) is 2.32. The second-order valence-corrected chi connectivity index (χ2v) is 6.90. The van der Waals surface area contributed by atoms with E-state index in [1.165, 1.54) is 17.0 Å². The lowest BCUT2D eigenvalue weighted by molar-refractivity contribution is 0.285. The smallest absolute Gasteiger partial charge is 0.253 e. The number of hydrogen-bond acceptors (Lipinski definition) is 7. The molecule has 3 heterocycles. The summed E-state index contributed by atoms with van der Waals surface area (Å²) in [7, 11) is 3.28. The molecular weight excluding hydrogens is 358 g/mol. The summed E-state index contributed by atoms with van der Waals surface area (Å²) in [4.78, 5) is 29.3. The van der Waals surface area contributed by atoms with Crippen LogP contribution in [-0.2, 0) is 7.05 Å². The molecule has 8 nitrogen and oxygen atoms in total. The van der Waals surface area contributed by atoms with Gasteiger partial charge in [-0.1, -0.05) is 0 Å². The van der Waals surface area contributed by atoms with Gasteiger partial charge in [0.1, 0.15) is 11.6 Å². The molecule has 1 aliphatic carbocycles. The van der Waals surface area contributed by atoms with Gasteiger partial charge in [0.15, 0.2) is 0 Å². The zero-order valence-electron chi connectivity index (χ0n) is 16.0. The van der Waals surface area contributed by atoms with E-state index in [9.17, 15) is 4.79 Å². The van der Waals surface area contributed by atoms with E-state index in [1.54, 1.807) is 33.5 Å². The number of ether oxygens (including phenoxy) is 2. The number of methoxy groups -OCH3 is 1. The third-order valence-corrected chi connectivity index (χ3v) is 4.86. The van der Waals surface area contributed by atoms with Gasteiger partial charge in [-0.2, -0.15) is 4.98 Å². The lowest BCUT2D eigenvalue weighted by Crippen LogP contribution is -2.16. The second-order valence-electron chi connectivity index (χ2n) is 6.90. The minimum absolute atomic E-state index is 0.149. The van der Waals surface area contributed by atoms with Gasteiger partial charge in [-0.3, -0.25) is 9.78 Å². The Morgan fingerprint density at radius 1 is 1.21 bits per heavy atom. The van der Waals surface area contributed by atoms with Gasteiger partial charge in [0.05, 0.1) is 37.5 Å². The van der Waals surface area contributed by atoms with E-state index in [0.29, 0.717) is 41.4 Å². The van der Waals surface area contributed by atoms with Gasteiger partial charge in [-0.25, -0.2) is 9.97 Å². The summed E-state index contributed by atoms with van der Waals surface area (Å²) in [5.41, 5.74) is 2.01. The minimum Gasteiger partial charge on any atom is -0.495 e. The van der Waals surface area contributed by atoms with E-state index >= 15 is 0 Å². The van der Waals surface area contributed by atoms with Crippen LogP contribution in [0.2, 0.25) is 0 Å². The molecule has 0 radical (unpaired) electrons. The standard InChI is InChI=1S/C20H21N5O3/c1-12-21-9-16(18-7-19(26)25(2)11-23-18)20(24-12)28-10-13-6-15(13)17-5-4-14(27-3)8-22-17/h4-5,7-9,11,13,15H,6,10H2,1-3H3. The maximum atomic E-state index is 11.9. The Balaban J connectivity index is 1.48. The van der Waals surface area contributed by atoms with Crippen LogP contribution >= 0.6 is 0 Å². The van der Waals surface area contributed by atoms with E-state index in [0.717, 1.165) is 17.9 Å². The normalized spacial score (nSPS) is 18.0. The fourth-order valence-electron chi connectivity index (χ4n) is 3.06. The number of hydrogen-bond donors (Lipinski definition) is 0. The number of pyridine rings is 1. The van der Waals surface area contributed by atoms with Gasteiger partial charge in [0, 0.05) is 36.8 Å². The second kappa shape index (κ2) is 7.38. The molecule has 2 atom stereocenters. The predicted octanol–water partition coefficient (Wildman–Crippen LogP) is 2.13. The largest absolute Gasteiger partial charge is 0.495 e. The monoisotopic (exact) mass is 379 g/mol. The van der Waals surface area contributed by atoms with Crippen LogP contribution in [-0.4, -0.2) is 38.2 Å². The van der Waals surface area contributed by atoms with Crippen molar-refractivity contribution in [2.75, 3.05) is 13.7 Å². The first-order valence-corrected chi connectivity index (χ1v) is 9.04. The Hall–Kier alpha value is -3.29. The quantitative estimate of drug-likeness (QED) is 0.648. The highest BCUT2D eigenvalue weighted by Gasteiger charge is 2.40. The Labute approximate surface area is 162 Å². The molecule has 4 rings (SSSR count). The summed E-state index contributed by atoms with van der Waals surface area (Å²) in [6, 6.07) is 5.38. The van der Waals surface area contributed by atoms with Crippen LogP contribution in [0.5, 0.6) is 11.6 Å². The van der Waals surface area contributed by atoms with Crippen molar-refractivity contribution < 1.29 is 9.47 Å². The Bertz CT molecular complexity index is 1050. The molecule has 2 unspecified atom stereocenters. The molecule has 144 valence electrons. The van der Waals surface area contributed by atoms with E-state index in [1.807, 2.05) is 12.1 Å². The average molecular weight is 379 g/mol. The Kier molecular flexibility index (Phi) is 4.77. The van der Waals surface area contributed by atoms with E-state index < -0.39 is 0 Å². The fourth-order valence-corrected chi connectivity index (χ4v) is 3.06.